The standard InChI is InChI=1S/C13H14F3N5O.ClH/c1-17-6-7-18-12(22)10-8-21(20-19-10)11-5-3-2-4-9(11)13(14,15)16;/h2-5,8,17H,6-7H2,1H3,(H,18,22);1H. The Bertz CT molecular complexity index is 659. The second kappa shape index (κ2) is 7.93. The van der Waals surface area contributed by atoms with Crippen LogP contribution in [0.4, 0.5) is 13.2 Å². The van der Waals surface area contributed by atoms with E-state index in [4.69, 9.17) is 0 Å². The second-order valence-corrected chi connectivity index (χ2v) is 4.42. The lowest BCUT2D eigenvalue weighted by atomic mass is 10.1. The largest absolute Gasteiger partial charge is 0.418 e. The molecular weight excluding hydrogens is 335 g/mol. The molecule has 2 rings (SSSR count). The van der Waals surface area contributed by atoms with Crippen molar-refractivity contribution in [2.24, 2.45) is 0 Å². The second-order valence-electron chi connectivity index (χ2n) is 4.42. The highest BCUT2D eigenvalue weighted by atomic mass is 35.5. The number of carbonyl (C=O) groups is 1. The summed E-state index contributed by atoms with van der Waals surface area (Å²) in [6.07, 6.45) is -3.35. The van der Waals surface area contributed by atoms with Gasteiger partial charge in [-0.25, -0.2) is 4.68 Å². The summed E-state index contributed by atoms with van der Waals surface area (Å²) < 4.78 is 39.8. The fraction of sp³-hybridized carbons (Fsp3) is 0.308. The summed E-state index contributed by atoms with van der Waals surface area (Å²) in [6, 6.07) is 4.96. The van der Waals surface area contributed by atoms with Crippen molar-refractivity contribution >= 4 is 18.3 Å². The van der Waals surface area contributed by atoms with Gasteiger partial charge >= 0.3 is 6.18 Å². The first-order chi connectivity index (χ1) is 10.4. The van der Waals surface area contributed by atoms with E-state index in [1.807, 2.05) is 0 Å². The summed E-state index contributed by atoms with van der Waals surface area (Å²) in [5, 5.41) is 12.6. The first-order valence-corrected chi connectivity index (χ1v) is 6.45. The zero-order chi connectivity index (χ0) is 16.2. The molecule has 0 saturated carbocycles. The molecule has 6 nitrogen and oxygen atoms in total. The molecule has 1 aromatic carbocycles. The average molecular weight is 350 g/mol. The molecule has 0 aliphatic rings. The molecule has 0 fully saturated rings. The van der Waals surface area contributed by atoms with Gasteiger partial charge in [-0.1, -0.05) is 17.3 Å². The van der Waals surface area contributed by atoms with Crippen molar-refractivity contribution in [1.29, 1.82) is 0 Å². The number of aromatic nitrogens is 3. The molecule has 0 spiro atoms. The van der Waals surface area contributed by atoms with Crippen molar-refractivity contribution in [2.75, 3.05) is 20.1 Å². The lowest BCUT2D eigenvalue weighted by Crippen LogP contribution is -2.30. The molecule has 0 atom stereocenters. The maximum atomic E-state index is 13.0. The van der Waals surface area contributed by atoms with Crippen LogP contribution in [-0.2, 0) is 6.18 Å². The Kier molecular flexibility index (Phi) is 6.52. The Morgan fingerprint density at radius 1 is 1.26 bits per heavy atom. The van der Waals surface area contributed by atoms with E-state index in [2.05, 4.69) is 20.9 Å². The van der Waals surface area contributed by atoms with Gasteiger partial charge in [-0.2, -0.15) is 13.2 Å². The Morgan fingerprint density at radius 3 is 2.61 bits per heavy atom. The zero-order valence-corrected chi connectivity index (χ0v) is 12.9. The van der Waals surface area contributed by atoms with Gasteiger partial charge in [-0.05, 0) is 19.2 Å². The first-order valence-electron chi connectivity index (χ1n) is 6.45. The molecule has 0 bridgehead atoms. The Morgan fingerprint density at radius 2 is 1.96 bits per heavy atom. The predicted octanol–water partition coefficient (Wildman–Crippen LogP) is 1.66. The van der Waals surface area contributed by atoms with E-state index in [9.17, 15) is 18.0 Å². The van der Waals surface area contributed by atoms with E-state index in [1.54, 1.807) is 7.05 Å². The number of hydrogen-bond donors (Lipinski definition) is 2. The van der Waals surface area contributed by atoms with Crippen LogP contribution in [-0.4, -0.2) is 41.0 Å². The van der Waals surface area contributed by atoms with Crippen LogP contribution < -0.4 is 10.6 Å². The number of carbonyl (C=O) groups excluding carboxylic acids is 1. The molecular formula is C13H15ClF3N5O. The highest BCUT2D eigenvalue weighted by Gasteiger charge is 2.34. The van der Waals surface area contributed by atoms with E-state index in [0.29, 0.717) is 13.1 Å². The monoisotopic (exact) mass is 349 g/mol. The van der Waals surface area contributed by atoms with Gasteiger partial charge in [-0.15, -0.1) is 17.5 Å². The highest BCUT2D eigenvalue weighted by Crippen LogP contribution is 2.33. The van der Waals surface area contributed by atoms with Gasteiger partial charge in [0.2, 0.25) is 0 Å². The van der Waals surface area contributed by atoms with Gasteiger partial charge in [0.25, 0.3) is 5.91 Å². The van der Waals surface area contributed by atoms with E-state index >= 15 is 0 Å². The number of alkyl halides is 3. The lowest BCUT2D eigenvalue weighted by molar-refractivity contribution is -0.137. The van der Waals surface area contributed by atoms with Crippen molar-refractivity contribution in [3.8, 4) is 5.69 Å². The first kappa shape index (κ1) is 18.9. The zero-order valence-electron chi connectivity index (χ0n) is 12.1. The van der Waals surface area contributed by atoms with Crippen LogP contribution in [0, 0.1) is 0 Å². The maximum Gasteiger partial charge on any atom is 0.418 e. The Hall–Kier alpha value is -2.13. The number of likely N-dealkylation sites (N-methyl/N-ethyl adjacent to an activating group) is 1. The number of hydrogen-bond acceptors (Lipinski definition) is 4. The van der Waals surface area contributed by atoms with Gasteiger partial charge in [0.1, 0.15) is 0 Å². The topological polar surface area (TPSA) is 71.8 Å². The van der Waals surface area contributed by atoms with E-state index < -0.39 is 17.6 Å². The van der Waals surface area contributed by atoms with Crippen LogP contribution in [0.5, 0.6) is 0 Å². The Balaban J connectivity index is 0.00000264. The van der Waals surface area contributed by atoms with E-state index in [0.717, 1.165) is 10.7 Å². The molecule has 1 amide bonds. The van der Waals surface area contributed by atoms with Crippen LogP contribution in [0.25, 0.3) is 5.69 Å². The molecule has 1 aromatic heterocycles. The number of halogens is 4. The molecule has 126 valence electrons. The molecule has 0 unspecified atom stereocenters. The third-order valence-electron chi connectivity index (χ3n) is 2.84. The maximum absolute atomic E-state index is 13.0. The number of rotatable bonds is 5. The number of para-hydroxylation sites is 1. The minimum absolute atomic E-state index is 0. The average Bonchev–Trinajstić information content (AvgIpc) is 2.96. The molecule has 23 heavy (non-hydrogen) atoms. The van der Waals surface area contributed by atoms with Crippen molar-refractivity contribution in [2.45, 2.75) is 6.18 Å². The normalized spacial score (nSPS) is 11.0. The minimum Gasteiger partial charge on any atom is -0.349 e. The third kappa shape index (κ3) is 4.67. The number of nitrogens with one attached hydrogen (secondary N) is 2. The fourth-order valence-corrected chi connectivity index (χ4v) is 1.79. The SMILES string of the molecule is CNCCNC(=O)c1cn(-c2ccccc2C(F)(F)F)nn1.Cl. The minimum atomic E-state index is -4.52. The molecule has 2 aromatic rings. The summed E-state index contributed by atoms with van der Waals surface area (Å²) in [5.74, 6) is -0.494. The van der Waals surface area contributed by atoms with Gasteiger partial charge in [0, 0.05) is 13.1 Å². The van der Waals surface area contributed by atoms with Gasteiger partial charge in [0.15, 0.2) is 5.69 Å². The third-order valence-corrected chi connectivity index (χ3v) is 2.84. The predicted molar refractivity (Wildman–Crippen MR) is 79.9 cm³/mol. The molecule has 0 radical (unpaired) electrons. The highest BCUT2D eigenvalue weighted by molar-refractivity contribution is 5.91. The quantitative estimate of drug-likeness (QED) is 0.805. The van der Waals surface area contributed by atoms with Crippen LogP contribution in [0.2, 0.25) is 0 Å². The number of benzene rings is 1. The van der Waals surface area contributed by atoms with Crippen molar-refractivity contribution in [1.82, 2.24) is 25.6 Å². The molecule has 0 aliphatic carbocycles. The summed E-state index contributed by atoms with van der Waals surface area (Å²) in [6.45, 7) is 0.943. The van der Waals surface area contributed by atoms with Crippen LogP contribution in [0.3, 0.4) is 0 Å². The van der Waals surface area contributed by atoms with E-state index in [-0.39, 0.29) is 23.8 Å². The number of nitrogens with zero attached hydrogens (tertiary/aromatic N) is 3. The van der Waals surface area contributed by atoms with Crippen LogP contribution in [0.1, 0.15) is 16.1 Å². The summed E-state index contributed by atoms with van der Waals surface area (Å²) >= 11 is 0. The summed E-state index contributed by atoms with van der Waals surface area (Å²) in [4.78, 5) is 11.8. The van der Waals surface area contributed by atoms with Crippen LogP contribution >= 0.6 is 12.4 Å². The number of amides is 1. The van der Waals surface area contributed by atoms with Crippen molar-refractivity contribution in [3.63, 3.8) is 0 Å². The van der Waals surface area contributed by atoms with Crippen molar-refractivity contribution in [3.05, 3.63) is 41.7 Å². The molecule has 2 N–H and O–H groups in total. The van der Waals surface area contributed by atoms with Crippen molar-refractivity contribution < 1.29 is 18.0 Å². The fourth-order valence-electron chi connectivity index (χ4n) is 1.79. The molecule has 1 heterocycles. The molecule has 0 saturated heterocycles. The Labute approximate surface area is 136 Å². The van der Waals surface area contributed by atoms with Crippen LogP contribution in [0.15, 0.2) is 30.5 Å². The molecule has 10 heteroatoms. The summed E-state index contributed by atoms with van der Waals surface area (Å²) in [5.41, 5.74) is -1.08. The van der Waals surface area contributed by atoms with Gasteiger partial charge in [-0.3, -0.25) is 4.79 Å². The van der Waals surface area contributed by atoms with Gasteiger partial charge < -0.3 is 10.6 Å². The van der Waals surface area contributed by atoms with Gasteiger partial charge in [0.05, 0.1) is 17.4 Å². The summed E-state index contributed by atoms with van der Waals surface area (Å²) in [7, 11) is 1.73. The molecule has 0 aliphatic heterocycles. The smallest absolute Gasteiger partial charge is 0.349 e. The van der Waals surface area contributed by atoms with E-state index in [1.165, 1.54) is 24.4 Å². The lowest BCUT2D eigenvalue weighted by Gasteiger charge is -2.11.